The quantitative estimate of drug-likeness (QED) is 0.679. The van der Waals surface area contributed by atoms with Gasteiger partial charge in [-0.15, -0.1) is 11.8 Å². The molecule has 1 aliphatic rings. The minimum Gasteiger partial charge on any atom is -0.496 e. The molecule has 0 N–H and O–H groups in total. The van der Waals surface area contributed by atoms with E-state index in [4.69, 9.17) is 14.2 Å². The van der Waals surface area contributed by atoms with Crippen LogP contribution in [0.5, 0.6) is 17.2 Å². The predicted octanol–water partition coefficient (Wildman–Crippen LogP) is 4.51. The third-order valence-corrected chi connectivity index (χ3v) is 5.89. The monoisotopic (exact) mass is 427 g/mol. The summed E-state index contributed by atoms with van der Waals surface area (Å²) in [5.41, 5.74) is 0.560. The molecule has 2 aromatic carbocycles. The molecule has 1 atom stereocenters. The van der Waals surface area contributed by atoms with Gasteiger partial charge in [0.05, 0.1) is 44.8 Å². The van der Waals surface area contributed by atoms with Crippen molar-refractivity contribution < 1.29 is 32.2 Å². The van der Waals surface area contributed by atoms with Crippen molar-refractivity contribution in [3.63, 3.8) is 0 Å². The van der Waals surface area contributed by atoms with Crippen molar-refractivity contribution in [2.24, 2.45) is 0 Å². The van der Waals surface area contributed by atoms with E-state index < -0.39 is 17.1 Å². The smallest absolute Gasteiger partial charge is 0.416 e. The molecule has 5 nitrogen and oxygen atoms in total. The van der Waals surface area contributed by atoms with E-state index >= 15 is 0 Å². The lowest BCUT2D eigenvalue weighted by atomic mass is 10.1. The summed E-state index contributed by atoms with van der Waals surface area (Å²) in [5.74, 6) is 1.67. The fourth-order valence-electron chi connectivity index (χ4n) is 3.14. The lowest BCUT2D eigenvalue weighted by molar-refractivity contribution is -0.137. The van der Waals surface area contributed by atoms with Gasteiger partial charge in [0.2, 0.25) is 5.91 Å². The number of ether oxygens (including phenoxy) is 3. The third-order valence-electron chi connectivity index (χ3n) is 4.64. The SMILES string of the molecule is COc1cc(OC)c(CN2C(=O)CSC2c2ccc(C(F)(F)F)cc2)c(OC)c1. The minimum atomic E-state index is -4.40. The Bertz CT molecular complexity index is 861. The number of rotatable bonds is 6. The van der Waals surface area contributed by atoms with Gasteiger partial charge in [-0.25, -0.2) is 0 Å². The van der Waals surface area contributed by atoms with Crippen LogP contribution in [0.1, 0.15) is 22.1 Å². The topological polar surface area (TPSA) is 48.0 Å². The van der Waals surface area contributed by atoms with Gasteiger partial charge in [0.15, 0.2) is 0 Å². The fraction of sp³-hybridized carbons (Fsp3) is 0.350. The number of carbonyl (C=O) groups is 1. The maximum atomic E-state index is 12.8. The van der Waals surface area contributed by atoms with E-state index in [0.717, 1.165) is 12.1 Å². The van der Waals surface area contributed by atoms with E-state index in [2.05, 4.69) is 0 Å². The number of thioether (sulfide) groups is 1. The Hall–Kier alpha value is -2.55. The van der Waals surface area contributed by atoms with Gasteiger partial charge < -0.3 is 19.1 Å². The average molecular weight is 427 g/mol. The van der Waals surface area contributed by atoms with Crippen LogP contribution in [0, 0.1) is 0 Å². The molecule has 1 fully saturated rings. The van der Waals surface area contributed by atoms with Gasteiger partial charge in [-0.3, -0.25) is 4.79 Å². The summed E-state index contributed by atoms with van der Waals surface area (Å²) in [6.07, 6.45) is -4.40. The van der Waals surface area contributed by atoms with E-state index in [1.165, 1.54) is 45.2 Å². The van der Waals surface area contributed by atoms with Gasteiger partial charge in [0, 0.05) is 12.1 Å². The number of halogens is 3. The number of nitrogens with zero attached hydrogens (tertiary/aromatic N) is 1. The second-order valence-electron chi connectivity index (χ2n) is 6.32. The third kappa shape index (κ3) is 4.39. The fourth-order valence-corrected chi connectivity index (χ4v) is 4.33. The molecule has 156 valence electrons. The number of hydrogen-bond donors (Lipinski definition) is 0. The zero-order valence-corrected chi connectivity index (χ0v) is 16.9. The van der Waals surface area contributed by atoms with Crippen molar-refractivity contribution in [2.45, 2.75) is 18.1 Å². The van der Waals surface area contributed by atoms with Crippen LogP contribution in [0.4, 0.5) is 13.2 Å². The second-order valence-corrected chi connectivity index (χ2v) is 7.38. The van der Waals surface area contributed by atoms with Crippen LogP contribution in [0.2, 0.25) is 0 Å². The highest BCUT2D eigenvalue weighted by atomic mass is 32.2. The first kappa shape index (κ1) is 21.2. The van der Waals surface area contributed by atoms with Gasteiger partial charge >= 0.3 is 6.18 Å². The Labute approximate surface area is 170 Å². The molecule has 1 aliphatic heterocycles. The van der Waals surface area contributed by atoms with Crippen molar-refractivity contribution in [1.82, 2.24) is 4.90 Å². The first-order valence-corrected chi connectivity index (χ1v) is 9.70. The van der Waals surface area contributed by atoms with Crippen molar-refractivity contribution in [2.75, 3.05) is 27.1 Å². The second kappa shape index (κ2) is 8.44. The maximum Gasteiger partial charge on any atom is 0.416 e. The van der Waals surface area contributed by atoms with Crippen molar-refractivity contribution in [3.05, 3.63) is 53.1 Å². The Balaban J connectivity index is 1.92. The highest BCUT2D eigenvalue weighted by molar-refractivity contribution is 8.00. The Kier molecular flexibility index (Phi) is 6.16. The number of carbonyl (C=O) groups excluding carboxylic acids is 1. The minimum absolute atomic E-state index is 0.111. The molecule has 0 aromatic heterocycles. The zero-order chi connectivity index (χ0) is 21.2. The average Bonchev–Trinajstić information content (AvgIpc) is 3.07. The summed E-state index contributed by atoms with van der Waals surface area (Å²) in [6.45, 7) is 0.188. The van der Waals surface area contributed by atoms with Crippen LogP contribution >= 0.6 is 11.8 Å². The molecule has 1 unspecified atom stereocenters. The molecular formula is C20H20F3NO4S. The molecule has 1 amide bonds. The highest BCUT2D eigenvalue weighted by Crippen LogP contribution is 2.43. The predicted molar refractivity (Wildman–Crippen MR) is 103 cm³/mol. The molecule has 0 radical (unpaired) electrons. The first-order chi connectivity index (χ1) is 13.8. The normalized spacial score (nSPS) is 16.8. The molecule has 1 saturated heterocycles. The number of amides is 1. The largest absolute Gasteiger partial charge is 0.496 e. The molecule has 0 saturated carbocycles. The number of alkyl halides is 3. The molecule has 2 aromatic rings. The molecule has 0 bridgehead atoms. The molecule has 0 aliphatic carbocycles. The summed E-state index contributed by atoms with van der Waals surface area (Å²) in [5, 5.41) is -0.402. The summed E-state index contributed by atoms with van der Waals surface area (Å²) in [6, 6.07) is 8.28. The van der Waals surface area contributed by atoms with E-state index in [1.54, 1.807) is 17.0 Å². The van der Waals surface area contributed by atoms with Crippen molar-refractivity contribution in [1.29, 1.82) is 0 Å². The molecular weight excluding hydrogens is 407 g/mol. The molecule has 1 heterocycles. The zero-order valence-electron chi connectivity index (χ0n) is 16.1. The maximum absolute atomic E-state index is 12.8. The van der Waals surface area contributed by atoms with Crippen LogP contribution in [-0.4, -0.2) is 37.9 Å². The summed E-state index contributed by atoms with van der Waals surface area (Å²) in [4.78, 5) is 14.1. The molecule has 9 heteroatoms. The summed E-state index contributed by atoms with van der Waals surface area (Å²) < 4.78 is 54.7. The van der Waals surface area contributed by atoms with E-state index in [9.17, 15) is 18.0 Å². The van der Waals surface area contributed by atoms with Crippen LogP contribution in [-0.2, 0) is 17.5 Å². The van der Waals surface area contributed by atoms with Crippen LogP contribution in [0.25, 0.3) is 0 Å². The Morgan fingerprint density at radius 1 is 1.03 bits per heavy atom. The lowest BCUT2D eigenvalue weighted by Crippen LogP contribution is -2.28. The van der Waals surface area contributed by atoms with Gasteiger partial charge in [0.1, 0.15) is 22.6 Å². The van der Waals surface area contributed by atoms with Crippen molar-refractivity contribution >= 4 is 17.7 Å². The molecule has 3 rings (SSSR count). The van der Waals surface area contributed by atoms with E-state index in [0.29, 0.717) is 28.4 Å². The van der Waals surface area contributed by atoms with Gasteiger partial charge in [-0.05, 0) is 17.7 Å². The van der Waals surface area contributed by atoms with E-state index in [1.807, 2.05) is 0 Å². The summed E-state index contributed by atoms with van der Waals surface area (Å²) in [7, 11) is 4.53. The van der Waals surface area contributed by atoms with Gasteiger partial charge in [-0.2, -0.15) is 13.2 Å². The number of benzene rings is 2. The first-order valence-electron chi connectivity index (χ1n) is 8.65. The molecule has 0 spiro atoms. The standard InChI is InChI=1S/C20H20F3NO4S/c1-26-14-8-16(27-2)15(17(9-14)28-3)10-24-18(25)11-29-19(24)12-4-6-13(7-5-12)20(21,22)23/h4-9,19H,10-11H2,1-3H3. The number of hydrogen-bond acceptors (Lipinski definition) is 5. The van der Waals surface area contributed by atoms with Crippen LogP contribution in [0.3, 0.4) is 0 Å². The Morgan fingerprint density at radius 3 is 2.10 bits per heavy atom. The van der Waals surface area contributed by atoms with Crippen LogP contribution < -0.4 is 14.2 Å². The van der Waals surface area contributed by atoms with Gasteiger partial charge in [-0.1, -0.05) is 12.1 Å². The van der Waals surface area contributed by atoms with Crippen LogP contribution in [0.15, 0.2) is 36.4 Å². The van der Waals surface area contributed by atoms with E-state index in [-0.39, 0.29) is 18.2 Å². The Morgan fingerprint density at radius 2 is 1.62 bits per heavy atom. The number of methoxy groups -OCH3 is 3. The van der Waals surface area contributed by atoms with Gasteiger partial charge in [0.25, 0.3) is 0 Å². The highest BCUT2D eigenvalue weighted by Gasteiger charge is 2.35. The lowest BCUT2D eigenvalue weighted by Gasteiger charge is -2.26. The van der Waals surface area contributed by atoms with Crippen molar-refractivity contribution in [3.8, 4) is 17.2 Å². The molecule has 29 heavy (non-hydrogen) atoms. The summed E-state index contributed by atoms with van der Waals surface area (Å²) >= 11 is 1.37.